The number of hydrogen-bond acceptors (Lipinski definition) is 1. The summed E-state index contributed by atoms with van der Waals surface area (Å²) < 4.78 is -0.761. The molecule has 1 aliphatic carbocycles. The van der Waals surface area contributed by atoms with Gasteiger partial charge in [0.1, 0.15) is 4.33 Å². The SMILES string of the molecule is CC(Cl)(Cl)C[C@H]1[C@@H](C(=O)Cl)C1(C)C. The molecule has 0 unspecified atom stereocenters. The molecule has 1 fully saturated rings. The second kappa shape index (κ2) is 3.29. The third kappa shape index (κ3) is 2.51. The minimum absolute atomic E-state index is 0.0378. The van der Waals surface area contributed by atoms with Gasteiger partial charge in [-0.25, -0.2) is 0 Å². The molecule has 1 nitrogen and oxygen atoms in total. The van der Waals surface area contributed by atoms with Crippen molar-refractivity contribution in [2.45, 2.75) is 31.5 Å². The number of alkyl halides is 2. The van der Waals surface area contributed by atoms with E-state index in [2.05, 4.69) is 0 Å². The monoisotopic (exact) mass is 242 g/mol. The van der Waals surface area contributed by atoms with Crippen LogP contribution < -0.4 is 0 Å². The van der Waals surface area contributed by atoms with Crippen LogP contribution in [0.25, 0.3) is 0 Å². The zero-order valence-electron chi connectivity index (χ0n) is 7.90. The molecule has 0 radical (unpaired) electrons. The zero-order valence-corrected chi connectivity index (χ0v) is 10.2. The number of rotatable bonds is 3. The lowest BCUT2D eigenvalue weighted by Gasteiger charge is -2.13. The summed E-state index contributed by atoms with van der Waals surface area (Å²) in [6.07, 6.45) is 0.617. The number of carbonyl (C=O) groups excluding carboxylic acids is 1. The highest BCUT2D eigenvalue weighted by Crippen LogP contribution is 2.62. The highest BCUT2D eigenvalue weighted by molar-refractivity contribution is 6.64. The molecule has 1 rings (SSSR count). The van der Waals surface area contributed by atoms with Gasteiger partial charge in [0.05, 0.1) is 0 Å². The van der Waals surface area contributed by atoms with E-state index in [1.807, 2.05) is 13.8 Å². The van der Waals surface area contributed by atoms with Gasteiger partial charge in [-0.1, -0.05) is 13.8 Å². The maximum absolute atomic E-state index is 11.0. The van der Waals surface area contributed by atoms with Crippen LogP contribution in [0.1, 0.15) is 27.2 Å². The maximum Gasteiger partial charge on any atom is 0.225 e. The molecule has 4 heteroatoms. The smallest absolute Gasteiger partial charge is 0.225 e. The van der Waals surface area contributed by atoms with Crippen molar-refractivity contribution >= 4 is 40.0 Å². The second-order valence-electron chi connectivity index (χ2n) is 4.48. The van der Waals surface area contributed by atoms with Crippen LogP contribution in [-0.2, 0) is 4.79 Å². The molecule has 1 aliphatic rings. The third-order valence-corrected chi connectivity index (χ3v) is 3.42. The van der Waals surface area contributed by atoms with Gasteiger partial charge in [-0.3, -0.25) is 4.79 Å². The lowest BCUT2D eigenvalue weighted by atomic mass is 10.1. The summed E-state index contributed by atoms with van der Waals surface area (Å²) >= 11 is 17.2. The Morgan fingerprint density at radius 2 is 1.92 bits per heavy atom. The van der Waals surface area contributed by atoms with Crippen LogP contribution in [0.2, 0.25) is 0 Å². The molecule has 0 aromatic heterocycles. The quantitative estimate of drug-likeness (QED) is 0.547. The number of hydrogen-bond donors (Lipinski definition) is 0. The molecule has 76 valence electrons. The molecule has 1 saturated carbocycles. The zero-order chi connectivity index (χ0) is 10.4. The van der Waals surface area contributed by atoms with Gasteiger partial charge in [0.25, 0.3) is 0 Å². The van der Waals surface area contributed by atoms with E-state index in [9.17, 15) is 4.79 Å². The molecule has 0 N–H and O–H groups in total. The molecule has 0 aromatic rings. The first-order valence-electron chi connectivity index (χ1n) is 4.23. The molecule has 0 saturated heterocycles. The number of carbonyl (C=O) groups is 1. The standard InChI is InChI=1S/C9H13Cl3O/c1-8(2)5(4-9(3,11)12)6(8)7(10)13/h5-6H,4H2,1-3H3/t5-,6-/m0/s1. The lowest BCUT2D eigenvalue weighted by molar-refractivity contribution is -0.113. The fourth-order valence-corrected chi connectivity index (χ4v) is 2.73. The highest BCUT2D eigenvalue weighted by atomic mass is 35.5. The van der Waals surface area contributed by atoms with Gasteiger partial charge in [-0.15, -0.1) is 23.2 Å². The predicted molar refractivity (Wildman–Crippen MR) is 56.3 cm³/mol. The summed E-state index contributed by atoms with van der Waals surface area (Å²) in [6, 6.07) is 0. The normalized spacial score (nSPS) is 31.5. The summed E-state index contributed by atoms with van der Waals surface area (Å²) in [5.74, 6) is 0.142. The Morgan fingerprint density at radius 1 is 1.46 bits per heavy atom. The van der Waals surface area contributed by atoms with Crippen LogP contribution >= 0.6 is 34.8 Å². The minimum Gasteiger partial charge on any atom is -0.281 e. The molecule has 0 amide bonds. The van der Waals surface area contributed by atoms with Gasteiger partial charge < -0.3 is 0 Å². The first kappa shape index (κ1) is 11.6. The Hall–Kier alpha value is 0.540. The van der Waals surface area contributed by atoms with Gasteiger partial charge in [-0.2, -0.15) is 0 Å². The molecule has 13 heavy (non-hydrogen) atoms. The topological polar surface area (TPSA) is 17.1 Å². The molecule has 0 spiro atoms. The van der Waals surface area contributed by atoms with Gasteiger partial charge in [0.2, 0.25) is 5.24 Å². The Morgan fingerprint density at radius 3 is 2.15 bits per heavy atom. The molecule has 0 aromatic carbocycles. The molecule has 0 bridgehead atoms. The fraction of sp³-hybridized carbons (Fsp3) is 0.889. The van der Waals surface area contributed by atoms with Crippen LogP contribution in [0.3, 0.4) is 0 Å². The molecule has 0 aliphatic heterocycles. The Labute approximate surface area is 93.7 Å². The van der Waals surface area contributed by atoms with Crippen molar-refractivity contribution in [3.8, 4) is 0 Å². The molecule has 0 heterocycles. The minimum atomic E-state index is -0.761. The van der Waals surface area contributed by atoms with Crippen molar-refractivity contribution in [1.82, 2.24) is 0 Å². The van der Waals surface area contributed by atoms with E-state index in [-0.39, 0.29) is 22.5 Å². The van der Waals surface area contributed by atoms with Gasteiger partial charge >= 0.3 is 0 Å². The average Bonchev–Trinajstić information content (AvgIpc) is 2.28. The third-order valence-electron chi connectivity index (χ3n) is 2.87. The number of halogens is 3. The lowest BCUT2D eigenvalue weighted by Crippen LogP contribution is -2.09. The molecular weight excluding hydrogens is 230 g/mol. The Kier molecular flexibility index (Phi) is 2.94. The Bertz CT molecular complexity index is 230. The van der Waals surface area contributed by atoms with Crippen molar-refractivity contribution in [2.24, 2.45) is 17.3 Å². The van der Waals surface area contributed by atoms with Crippen molar-refractivity contribution < 1.29 is 4.79 Å². The van der Waals surface area contributed by atoms with Gasteiger partial charge in [0.15, 0.2) is 0 Å². The maximum atomic E-state index is 11.0. The highest BCUT2D eigenvalue weighted by Gasteiger charge is 2.61. The first-order valence-corrected chi connectivity index (χ1v) is 5.37. The average molecular weight is 244 g/mol. The second-order valence-corrected chi connectivity index (χ2v) is 6.72. The van der Waals surface area contributed by atoms with Crippen molar-refractivity contribution in [3.63, 3.8) is 0 Å². The van der Waals surface area contributed by atoms with Crippen molar-refractivity contribution in [1.29, 1.82) is 0 Å². The summed E-state index contributed by atoms with van der Waals surface area (Å²) in [5, 5.41) is -0.271. The van der Waals surface area contributed by atoms with Gasteiger partial charge in [-0.05, 0) is 36.3 Å². The van der Waals surface area contributed by atoms with Crippen LogP contribution in [-0.4, -0.2) is 9.58 Å². The van der Waals surface area contributed by atoms with Crippen LogP contribution in [0, 0.1) is 17.3 Å². The van der Waals surface area contributed by atoms with E-state index >= 15 is 0 Å². The summed E-state index contributed by atoms with van der Waals surface area (Å²) in [4.78, 5) is 11.0. The van der Waals surface area contributed by atoms with E-state index in [1.54, 1.807) is 6.92 Å². The van der Waals surface area contributed by atoms with E-state index < -0.39 is 4.33 Å². The predicted octanol–water partition coefficient (Wildman–Crippen LogP) is 3.61. The summed E-state index contributed by atoms with van der Waals surface area (Å²) in [6.45, 7) is 5.77. The van der Waals surface area contributed by atoms with E-state index in [4.69, 9.17) is 34.8 Å². The van der Waals surface area contributed by atoms with Crippen LogP contribution in [0.4, 0.5) is 0 Å². The molecular formula is C9H13Cl3O. The Balaban J connectivity index is 2.61. The van der Waals surface area contributed by atoms with Crippen LogP contribution in [0.5, 0.6) is 0 Å². The van der Waals surface area contributed by atoms with Gasteiger partial charge in [0, 0.05) is 5.92 Å². The summed E-state index contributed by atoms with van der Waals surface area (Å²) in [7, 11) is 0. The first-order chi connectivity index (χ1) is 5.66. The molecule has 2 atom stereocenters. The van der Waals surface area contributed by atoms with Crippen molar-refractivity contribution in [3.05, 3.63) is 0 Å². The largest absolute Gasteiger partial charge is 0.281 e. The van der Waals surface area contributed by atoms with Crippen LogP contribution in [0.15, 0.2) is 0 Å². The van der Waals surface area contributed by atoms with Crippen molar-refractivity contribution in [2.75, 3.05) is 0 Å². The fourth-order valence-electron chi connectivity index (χ4n) is 1.96. The van der Waals surface area contributed by atoms with E-state index in [0.29, 0.717) is 6.42 Å². The van der Waals surface area contributed by atoms with E-state index in [1.165, 1.54) is 0 Å². The van der Waals surface area contributed by atoms with E-state index in [0.717, 1.165) is 0 Å². The summed E-state index contributed by atoms with van der Waals surface area (Å²) in [5.41, 5.74) is -0.0378.